The fraction of sp³-hybridized carbons (Fsp3) is 0.0870. The lowest BCUT2D eigenvalue weighted by atomic mass is 10.0. The minimum absolute atomic E-state index is 0.0476. The van der Waals surface area contributed by atoms with Crippen LogP contribution in [-0.4, -0.2) is 16.5 Å². The fourth-order valence-electron chi connectivity index (χ4n) is 3.19. The molecule has 0 radical (unpaired) electrons. The summed E-state index contributed by atoms with van der Waals surface area (Å²) in [6, 6.07) is 26.9. The monoisotopic (exact) mass is 370 g/mol. The predicted octanol–water partition coefficient (Wildman–Crippen LogP) is 5.43. The van der Waals surface area contributed by atoms with Gasteiger partial charge in [0.05, 0.1) is 17.2 Å². The molecule has 0 atom stereocenters. The quantitative estimate of drug-likeness (QED) is 0.335. The first-order chi connectivity index (χ1) is 13.7. The summed E-state index contributed by atoms with van der Waals surface area (Å²) in [7, 11) is 0. The topological polar surface area (TPSA) is 65.3 Å². The van der Waals surface area contributed by atoms with Crippen molar-refractivity contribution in [3.8, 4) is 17.1 Å². The van der Waals surface area contributed by atoms with Crippen LogP contribution in [0.25, 0.3) is 22.0 Å². The average molecular weight is 370 g/mol. The van der Waals surface area contributed by atoms with Gasteiger partial charge >= 0.3 is 5.69 Å². The molecule has 0 aliphatic carbocycles. The van der Waals surface area contributed by atoms with Gasteiger partial charge in [-0.1, -0.05) is 72.8 Å². The number of fused-ring (bicyclic) bond motifs is 1. The van der Waals surface area contributed by atoms with E-state index in [-0.39, 0.29) is 11.6 Å². The van der Waals surface area contributed by atoms with Gasteiger partial charge in [0, 0.05) is 18.1 Å². The Morgan fingerprint density at radius 1 is 0.857 bits per heavy atom. The van der Waals surface area contributed by atoms with Crippen molar-refractivity contribution >= 4 is 16.5 Å². The van der Waals surface area contributed by atoms with E-state index in [1.54, 1.807) is 6.07 Å². The third-order valence-electron chi connectivity index (χ3n) is 4.57. The number of ether oxygens (including phenoxy) is 1. The molecule has 0 aliphatic rings. The number of aromatic nitrogens is 1. The van der Waals surface area contributed by atoms with E-state index in [0.29, 0.717) is 18.7 Å². The molecule has 0 aliphatic heterocycles. The summed E-state index contributed by atoms with van der Waals surface area (Å²) in [6.45, 7) is 0.316. The van der Waals surface area contributed by atoms with E-state index >= 15 is 0 Å². The van der Waals surface area contributed by atoms with Crippen LogP contribution in [0.1, 0.15) is 5.56 Å². The van der Waals surface area contributed by atoms with Crippen LogP contribution < -0.4 is 4.74 Å². The molecule has 5 heteroatoms. The molecule has 138 valence electrons. The van der Waals surface area contributed by atoms with Gasteiger partial charge in [-0.15, -0.1) is 0 Å². The molecule has 0 fully saturated rings. The van der Waals surface area contributed by atoms with Gasteiger partial charge in [0.1, 0.15) is 0 Å². The number of nitrogens with zero attached hydrogens (tertiary/aromatic N) is 2. The van der Waals surface area contributed by atoms with Gasteiger partial charge in [0.2, 0.25) is 0 Å². The Hall–Kier alpha value is -3.73. The van der Waals surface area contributed by atoms with Gasteiger partial charge in [-0.05, 0) is 22.4 Å². The van der Waals surface area contributed by atoms with Crippen LogP contribution in [0.3, 0.4) is 0 Å². The first-order valence-electron chi connectivity index (χ1n) is 9.03. The molecule has 3 aromatic carbocycles. The summed E-state index contributed by atoms with van der Waals surface area (Å²) >= 11 is 0. The van der Waals surface area contributed by atoms with Gasteiger partial charge in [-0.3, -0.25) is 10.1 Å². The summed E-state index contributed by atoms with van der Waals surface area (Å²) < 4.78 is 5.72. The zero-order valence-corrected chi connectivity index (χ0v) is 15.1. The zero-order valence-electron chi connectivity index (χ0n) is 15.1. The van der Waals surface area contributed by atoms with Gasteiger partial charge in [-0.2, -0.15) is 0 Å². The number of pyridine rings is 1. The Morgan fingerprint density at radius 3 is 2.43 bits per heavy atom. The molecule has 4 rings (SSSR count). The summed E-state index contributed by atoms with van der Waals surface area (Å²) in [5.74, 6) is 0.0476. The van der Waals surface area contributed by atoms with Crippen molar-refractivity contribution in [3.05, 3.63) is 101 Å². The fourth-order valence-corrected chi connectivity index (χ4v) is 3.19. The molecular weight excluding hydrogens is 352 g/mol. The molecule has 0 spiro atoms. The van der Waals surface area contributed by atoms with E-state index in [0.717, 1.165) is 21.9 Å². The van der Waals surface area contributed by atoms with Crippen molar-refractivity contribution in [1.29, 1.82) is 0 Å². The molecule has 0 saturated heterocycles. The Bertz CT molecular complexity index is 1120. The largest absolute Gasteiger partial charge is 0.472 e. The van der Waals surface area contributed by atoms with Crippen molar-refractivity contribution in [2.45, 2.75) is 6.42 Å². The van der Waals surface area contributed by atoms with E-state index in [1.807, 2.05) is 72.8 Å². The maximum absolute atomic E-state index is 11.4. The molecule has 0 amide bonds. The predicted molar refractivity (Wildman–Crippen MR) is 109 cm³/mol. The zero-order chi connectivity index (χ0) is 19.3. The second-order valence-corrected chi connectivity index (χ2v) is 6.39. The lowest BCUT2D eigenvalue weighted by Crippen LogP contribution is -2.05. The molecule has 0 N–H and O–H groups in total. The van der Waals surface area contributed by atoms with Gasteiger partial charge in [0.15, 0.2) is 0 Å². The Labute approximate surface area is 162 Å². The van der Waals surface area contributed by atoms with Crippen molar-refractivity contribution in [2.24, 2.45) is 0 Å². The Morgan fingerprint density at radius 2 is 1.61 bits per heavy atom. The van der Waals surface area contributed by atoms with Crippen LogP contribution in [0.2, 0.25) is 0 Å². The van der Waals surface area contributed by atoms with E-state index in [4.69, 9.17) is 4.74 Å². The summed E-state index contributed by atoms with van der Waals surface area (Å²) in [4.78, 5) is 15.4. The molecule has 28 heavy (non-hydrogen) atoms. The number of rotatable bonds is 6. The van der Waals surface area contributed by atoms with Crippen LogP contribution in [0, 0.1) is 10.1 Å². The maximum atomic E-state index is 11.4. The summed E-state index contributed by atoms with van der Waals surface area (Å²) in [6.07, 6.45) is 0.651. The van der Waals surface area contributed by atoms with Crippen LogP contribution in [0.5, 0.6) is 5.88 Å². The second kappa shape index (κ2) is 7.88. The first kappa shape index (κ1) is 17.7. The minimum Gasteiger partial charge on any atom is -0.472 e. The molecule has 1 aromatic heterocycles. The average Bonchev–Trinajstić information content (AvgIpc) is 2.74. The molecule has 4 aromatic rings. The highest BCUT2D eigenvalue weighted by molar-refractivity contribution is 5.95. The Kier molecular flexibility index (Phi) is 4.97. The smallest absolute Gasteiger partial charge is 0.330 e. The molecule has 0 saturated carbocycles. The Balaban J connectivity index is 1.66. The standard InChI is InChI=1S/C23H18N2O3/c26-25(27)22-14-13-21(20-12-6-10-18-9-4-5-11-19(18)20)24-23(22)28-16-15-17-7-2-1-3-8-17/h1-14H,15-16H2. The highest BCUT2D eigenvalue weighted by Gasteiger charge is 2.19. The maximum Gasteiger partial charge on any atom is 0.330 e. The molecular formula is C23H18N2O3. The number of hydrogen-bond acceptors (Lipinski definition) is 4. The summed E-state index contributed by atoms with van der Waals surface area (Å²) in [5, 5.41) is 13.5. The minimum atomic E-state index is -0.461. The first-order valence-corrected chi connectivity index (χ1v) is 9.03. The van der Waals surface area contributed by atoms with Crippen LogP contribution in [0.15, 0.2) is 84.9 Å². The SMILES string of the molecule is O=[N+]([O-])c1ccc(-c2cccc3ccccc23)nc1OCCc1ccccc1. The van der Waals surface area contributed by atoms with Crippen molar-refractivity contribution in [2.75, 3.05) is 6.61 Å². The van der Waals surface area contributed by atoms with Gasteiger partial charge < -0.3 is 4.74 Å². The van der Waals surface area contributed by atoms with Crippen LogP contribution in [0.4, 0.5) is 5.69 Å². The van der Waals surface area contributed by atoms with Crippen LogP contribution in [-0.2, 0) is 6.42 Å². The third kappa shape index (κ3) is 3.69. The number of hydrogen-bond donors (Lipinski definition) is 0. The van der Waals surface area contributed by atoms with E-state index in [2.05, 4.69) is 4.98 Å². The van der Waals surface area contributed by atoms with Crippen molar-refractivity contribution in [3.63, 3.8) is 0 Å². The molecule has 0 unspecified atom stereocenters. The molecule has 1 heterocycles. The van der Waals surface area contributed by atoms with Crippen molar-refractivity contribution < 1.29 is 9.66 Å². The lowest BCUT2D eigenvalue weighted by molar-refractivity contribution is -0.386. The highest BCUT2D eigenvalue weighted by atomic mass is 16.6. The second-order valence-electron chi connectivity index (χ2n) is 6.39. The van der Waals surface area contributed by atoms with Gasteiger partial charge in [0.25, 0.3) is 5.88 Å². The molecule has 0 bridgehead atoms. The molecule has 5 nitrogen and oxygen atoms in total. The van der Waals surface area contributed by atoms with E-state index in [9.17, 15) is 10.1 Å². The number of benzene rings is 3. The lowest BCUT2D eigenvalue weighted by Gasteiger charge is -2.10. The normalized spacial score (nSPS) is 10.7. The number of nitro groups is 1. The third-order valence-corrected chi connectivity index (χ3v) is 4.57. The van der Waals surface area contributed by atoms with E-state index in [1.165, 1.54) is 6.07 Å². The van der Waals surface area contributed by atoms with E-state index < -0.39 is 4.92 Å². The van der Waals surface area contributed by atoms with Crippen LogP contribution >= 0.6 is 0 Å². The van der Waals surface area contributed by atoms with Crippen molar-refractivity contribution in [1.82, 2.24) is 4.98 Å². The highest BCUT2D eigenvalue weighted by Crippen LogP contribution is 2.32. The summed E-state index contributed by atoms with van der Waals surface area (Å²) in [5.41, 5.74) is 2.55. The van der Waals surface area contributed by atoms with Gasteiger partial charge in [-0.25, -0.2) is 4.98 Å².